The van der Waals surface area contributed by atoms with E-state index in [9.17, 15) is 0 Å². The van der Waals surface area contributed by atoms with E-state index in [4.69, 9.17) is 0 Å². The molecule has 0 amide bonds. The van der Waals surface area contributed by atoms with Crippen LogP contribution in [0.5, 0.6) is 0 Å². The fourth-order valence-electron chi connectivity index (χ4n) is 2.29. The summed E-state index contributed by atoms with van der Waals surface area (Å²) in [5, 5.41) is 3.53. The lowest BCUT2D eigenvalue weighted by Crippen LogP contribution is -2.34. The highest BCUT2D eigenvalue weighted by atomic mass is 15.1. The molecule has 108 valence electrons. The Balaban J connectivity index is 2.74. The van der Waals surface area contributed by atoms with Crippen molar-refractivity contribution in [2.75, 3.05) is 20.6 Å². The van der Waals surface area contributed by atoms with Gasteiger partial charge in [-0.05, 0) is 37.6 Å². The molecule has 0 aliphatic rings. The van der Waals surface area contributed by atoms with Crippen LogP contribution in [0.4, 0.5) is 0 Å². The molecule has 0 fully saturated rings. The monoisotopic (exact) mass is 262 g/mol. The molecule has 0 aromatic heterocycles. The molecule has 2 heteroatoms. The highest BCUT2D eigenvalue weighted by molar-refractivity contribution is 5.25. The molecular weight excluding hydrogens is 232 g/mol. The minimum absolute atomic E-state index is 0.440. The van der Waals surface area contributed by atoms with E-state index in [0.717, 1.165) is 18.9 Å². The summed E-state index contributed by atoms with van der Waals surface area (Å²) in [6, 6.07) is 10.1. The first-order valence-electron chi connectivity index (χ1n) is 7.38. The first-order valence-corrected chi connectivity index (χ1v) is 7.38. The topological polar surface area (TPSA) is 15.3 Å². The van der Waals surface area contributed by atoms with Crippen LogP contribution >= 0.6 is 0 Å². The summed E-state index contributed by atoms with van der Waals surface area (Å²) < 4.78 is 0. The van der Waals surface area contributed by atoms with E-state index in [0.29, 0.717) is 12.1 Å². The van der Waals surface area contributed by atoms with Gasteiger partial charge in [0, 0.05) is 18.6 Å². The van der Waals surface area contributed by atoms with E-state index in [1.54, 1.807) is 0 Å². The SMILES string of the molecule is CC(C)Cc1ccc(C(CNC(C)C)N(C)C)cc1. The minimum atomic E-state index is 0.440. The van der Waals surface area contributed by atoms with Crippen LogP contribution < -0.4 is 5.32 Å². The fourth-order valence-corrected chi connectivity index (χ4v) is 2.29. The molecular formula is C17H30N2. The maximum atomic E-state index is 3.53. The number of rotatable bonds is 7. The molecule has 0 aliphatic carbocycles. The lowest BCUT2D eigenvalue weighted by molar-refractivity contribution is 0.283. The first-order chi connectivity index (χ1) is 8.90. The highest BCUT2D eigenvalue weighted by Gasteiger charge is 2.14. The zero-order chi connectivity index (χ0) is 14.4. The van der Waals surface area contributed by atoms with Crippen LogP contribution in [-0.4, -0.2) is 31.6 Å². The van der Waals surface area contributed by atoms with Gasteiger partial charge in [-0.15, -0.1) is 0 Å². The fraction of sp³-hybridized carbons (Fsp3) is 0.647. The summed E-state index contributed by atoms with van der Waals surface area (Å²) in [6.07, 6.45) is 1.16. The lowest BCUT2D eigenvalue weighted by Gasteiger charge is -2.26. The summed E-state index contributed by atoms with van der Waals surface area (Å²) in [5.41, 5.74) is 2.83. The van der Waals surface area contributed by atoms with E-state index in [1.807, 2.05) is 0 Å². The number of benzene rings is 1. The van der Waals surface area contributed by atoms with E-state index < -0.39 is 0 Å². The molecule has 0 saturated heterocycles. The van der Waals surface area contributed by atoms with Gasteiger partial charge in [0.05, 0.1) is 0 Å². The van der Waals surface area contributed by atoms with Crippen molar-refractivity contribution >= 4 is 0 Å². The maximum Gasteiger partial charge on any atom is 0.0466 e. The van der Waals surface area contributed by atoms with Gasteiger partial charge in [-0.2, -0.15) is 0 Å². The van der Waals surface area contributed by atoms with Crippen molar-refractivity contribution in [2.45, 2.75) is 46.2 Å². The van der Waals surface area contributed by atoms with Crippen LogP contribution in [-0.2, 0) is 6.42 Å². The van der Waals surface area contributed by atoms with Gasteiger partial charge in [0.2, 0.25) is 0 Å². The van der Waals surface area contributed by atoms with Gasteiger partial charge in [-0.3, -0.25) is 0 Å². The van der Waals surface area contributed by atoms with Gasteiger partial charge >= 0.3 is 0 Å². The molecule has 0 radical (unpaired) electrons. The molecule has 1 aromatic rings. The number of hydrogen-bond donors (Lipinski definition) is 1. The third-order valence-electron chi connectivity index (χ3n) is 3.35. The van der Waals surface area contributed by atoms with Crippen LogP contribution in [0.2, 0.25) is 0 Å². The third kappa shape index (κ3) is 5.75. The third-order valence-corrected chi connectivity index (χ3v) is 3.35. The van der Waals surface area contributed by atoms with E-state index >= 15 is 0 Å². The van der Waals surface area contributed by atoms with Crippen molar-refractivity contribution in [3.8, 4) is 0 Å². The van der Waals surface area contributed by atoms with Crippen LogP contribution in [0.3, 0.4) is 0 Å². The van der Waals surface area contributed by atoms with Crippen LogP contribution in [0.25, 0.3) is 0 Å². The lowest BCUT2D eigenvalue weighted by atomic mass is 9.99. The van der Waals surface area contributed by atoms with Crippen molar-refractivity contribution in [1.82, 2.24) is 10.2 Å². The van der Waals surface area contributed by atoms with Gasteiger partial charge in [0.25, 0.3) is 0 Å². The van der Waals surface area contributed by atoms with Crippen molar-refractivity contribution in [3.63, 3.8) is 0 Å². The number of likely N-dealkylation sites (N-methyl/N-ethyl adjacent to an activating group) is 1. The quantitative estimate of drug-likeness (QED) is 0.809. The molecule has 0 spiro atoms. The maximum absolute atomic E-state index is 3.53. The molecule has 2 nitrogen and oxygen atoms in total. The molecule has 0 bridgehead atoms. The Labute approximate surface area is 119 Å². The van der Waals surface area contributed by atoms with Crippen LogP contribution in [0.15, 0.2) is 24.3 Å². The Hall–Kier alpha value is -0.860. The van der Waals surface area contributed by atoms with E-state index in [1.165, 1.54) is 11.1 Å². The van der Waals surface area contributed by atoms with Crippen LogP contribution in [0, 0.1) is 5.92 Å². The summed E-state index contributed by atoms with van der Waals surface area (Å²) in [5.74, 6) is 0.720. The van der Waals surface area contributed by atoms with E-state index in [2.05, 4.69) is 76.3 Å². The molecule has 0 saturated carbocycles. The summed E-state index contributed by atoms with van der Waals surface area (Å²) in [6.45, 7) is 9.91. The average Bonchev–Trinajstić information content (AvgIpc) is 2.29. The van der Waals surface area contributed by atoms with Gasteiger partial charge in [0.15, 0.2) is 0 Å². The summed E-state index contributed by atoms with van der Waals surface area (Å²) in [7, 11) is 4.30. The van der Waals surface area contributed by atoms with E-state index in [-0.39, 0.29) is 0 Å². The number of nitrogens with zero attached hydrogens (tertiary/aromatic N) is 1. The highest BCUT2D eigenvalue weighted by Crippen LogP contribution is 2.19. The minimum Gasteiger partial charge on any atom is -0.313 e. The Morgan fingerprint density at radius 2 is 1.58 bits per heavy atom. The molecule has 1 rings (SSSR count). The number of hydrogen-bond acceptors (Lipinski definition) is 2. The summed E-state index contributed by atoms with van der Waals surface area (Å²) >= 11 is 0. The smallest absolute Gasteiger partial charge is 0.0466 e. The normalized spacial score (nSPS) is 13.5. The number of nitrogens with one attached hydrogen (secondary N) is 1. The Bertz CT molecular complexity index is 352. The Kier molecular flexibility index (Phi) is 6.53. The Morgan fingerprint density at radius 3 is 2.00 bits per heavy atom. The molecule has 1 atom stereocenters. The second kappa shape index (κ2) is 7.66. The van der Waals surface area contributed by atoms with Gasteiger partial charge < -0.3 is 10.2 Å². The van der Waals surface area contributed by atoms with Crippen molar-refractivity contribution in [1.29, 1.82) is 0 Å². The molecule has 0 aliphatic heterocycles. The predicted molar refractivity (Wildman–Crippen MR) is 84.6 cm³/mol. The second-order valence-electron chi connectivity index (χ2n) is 6.38. The molecule has 1 N–H and O–H groups in total. The van der Waals surface area contributed by atoms with Crippen LogP contribution in [0.1, 0.15) is 44.9 Å². The average molecular weight is 262 g/mol. The molecule has 0 heterocycles. The van der Waals surface area contributed by atoms with Crippen molar-refractivity contribution in [3.05, 3.63) is 35.4 Å². The first kappa shape index (κ1) is 16.2. The zero-order valence-corrected chi connectivity index (χ0v) is 13.4. The van der Waals surface area contributed by atoms with Crippen molar-refractivity contribution < 1.29 is 0 Å². The zero-order valence-electron chi connectivity index (χ0n) is 13.4. The standard InChI is InChI=1S/C17H30N2/c1-13(2)11-15-7-9-16(10-8-15)17(19(5)6)12-18-14(3)4/h7-10,13-14,17-18H,11-12H2,1-6H3. The summed E-state index contributed by atoms with van der Waals surface area (Å²) in [4.78, 5) is 2.28. The van der Waals surface area contributed by atoms with Gasteiger partial charge in [-0.1, -0.05) is 52.0 Å². The second-order valence-corrected chi connectivity index (χ2v) is 6.38. The Morgan fingerprint density at radius 1 is 1.00 bits per heavy atom. The molecule has 19 heavy (non-hydrogen) atoms. The molecule has 1 aromatic carbocycles. The van der Waals surface area contributed by atoms with Gasteiger partial charge in [-0.25, -0.2) is 0 Å². The van der Waals surface area contributed by atoms with Crippen molar-refractivity contribution in [2.24, 2.45) is 5.92 Å². The largest absolute Gasteiger partial charge is 0.313 e. The molecule has 1 unspecified atom stereocenters. The predicted octanol–water partition coefficient (Wildman–Crippen LogP) is 3.49. The van der Waals surface area contributed by atoms with Gasteiger partial charge in [0.1, 0.15) is 0 Å².